The molecule has 0 bridgehead atoms. The van der Waals surface area contributed by atoms with Crippen LogP contribution in [0.15, 0.2) is 97.1 Å². The van der Waals surface area contributed by atoms with E-state index in [0.717, 1.165) is 43.5 Å². The molecule has 4 aromatic rings. The molecule has 214 valence electrons. The molecule has 0 radical (unpaired) electrons. The average Bonchev–Trinajstić information content (AvgIpc) is 3.21. The lowest BCUT2D eigenvalue weighted by atomic mass is 10.2. The van der Waals surface area contributed by atoms with Gasteiger partial charge in [-0.3, -0.25) is 0 Å². The molecule has 1 fully saturated rings. The highest BCUT2D eigenvalue weighted by Crippen LogP contribution is 2.51. The maximum atomic E-state index is 15.1. The second-order valence-corrected chi connectivity index (χ2v) is 17.7. The lowest BCUT2D eigenvalue weighted by molar-refractivity contribution is -0.142. The van der Waals surface area contributed by atoms with Crippen molar-refractivity contribution < 1.29 is 18.6 Å². The van der Waals surface area contributed by atoms with Crippen molar-refractivity contribution in [1.82, 2.24) is 0 Å². The van der Waals surface area contributed by atoms with Gasteiger partial charge in [0, 0.05) is 33.5 Å². The first-order chi connectivity index (χ1) is 19.4. The van der Waals surface area contributed by atoms with E-state index in [4.69, 9.17) is 9.47 Å². The van der Waals surface area contributed by atoms with Gasteiger partial charge >= 0.3 is 0 Å². The van der Waals surface area contributed by atoms with Gasteiger partial charge in [0.15, 0.2) is 5.79 Å². The van der Waals surface area contributed by atoms with Crippen LogP contribution in [0.25, 0.3) is 0 Å². The van der Waals surface area contributed by atoms with Crippen molar-refractivity contribution in [2.75, 3.05) is 12.3 Å². The number of hydrogen-bond donors (Lipinski definition) is 0. The van der Waals surface area contributed by atoms with Gasteiger partial charge in [-0.15, -0.1) is 0 Å². The molecule has 41 heavy (non-hydrogen) atoms. The van der Waals surface area contributed by atoms with Crippen LogP contribution in [0.3, 0.4) is 0 Å². The Hall–Kier alpha value is -2.74. The molecule has 6 heteroatoms. The van der Waals surface area contributed by atoms with Crippen molar-refractivity contribution in [3.8, 4) is 0 Å². The second-order valence-electron chi connectivity index (χ2n) is 11.9. The minimum atomic E-state index is -3.12. The van der Waals surface area contributed by atoms with Gasteiger partial charge in [0.2, 0.25) is 0 Å². The molecule has 5 rings (SSSR count). The molecule has 0 spiro atoms. The Morgan fingerprint density at radius 1 is 0.488 bits per heavy atom. The number of aryl methyl sites for hydroxylation is 4. The van der Waals surface area contributed by atoms with E-state index in [2.05, 4.69) is 0 Å². The summed E-state index contributed by atoms with van der Waals surface area (Å²) in [6.45, 7) is 11.9. The molecule has 0 aromatic heterocycles. The van der Waals surface area contributed by atoms with E-state index in [1.54, 1.807) is 0 Å². The topological polar surface area (TPSA) is 52.6 Å². The second kappa shape index (κ2) is 11.5. The van der Waals surface area contributed by atoms with Gasteiger partial charge in [-0.05, 0) is 41.5 Å². The third-order valence-corrected chi connectivity index (χ3v) is 14.2. The highest BCUT2D eigenvalue weighted by atomic mass is 31.2. The molecule has 1 heterocycles. The zero-order valence-electron chi connectivity index (χ0n) is 24.8. The third-order valence-electron chi connectivity index (χ3n) is 7.96. The zero-order chi connectivity index (χ0) is 29.4. The first-order valence-electron chi connectivity index (χ1n) is 14.2. The fraction of sp³-hybridized carbons (Fsp3) is 0.314. The Bertz CT molecular complexity index is 1370. The van der Waals surface area contributed by atoms with Crippen molar-refractivity contribution in [2.45, 2.75) is 59.5 Å². The molecule has 4 nitrogen and oxygen atoms in total. The molecule has 0 aliphatic carbocycles. The number of benzene rings is 4. The van der Waals surface area contributed by atoms with E-state index < -0.39 is 32.3 Å². The van der Waals surface area contributed by atoms with Crippen molar-refractivity contribution >= 4 is 35.5 Å². The van der Waals surface area contributed by atoms with Crippen molar-refractivity contribution in [1.29, 1.82) is 0 Å². The summed E-state index contributed by atoms with van der Waals surface area (Å²) >= 11 is 0. The van der Waals surface area contributed by atoms with Crippen LogP contribution in [0.2, 0.25) is 0 Å². The van der Waals surface area contributed by atoms with Crippen LogP contribution in [-0.4, -0.2) is 30.3 Å². The minimum Gasteiger partial charge on any atom is -0.344 e. The van der Waals surface area contributed by atoms with Gasteiger partial charge in [0.1, 0.15) is 14.3 Å². The largest absolute Gasteiger partial charge is 0.344 e. The summed E-state index contributed by atoms with van der Waals surface area (Å²) in [5.74, 6) is -0.897. The normalized spacial score (nSPS) is 18.9. The molecule has 4 aromatic carbocycles. The van der Waals surface area contributed by atoms with Crippen LogP contribution in [0.1, 0.15) is 36.1 Å². The summed E-state index contributed by atoms with van der Waals surface area (Å²) in [5, 5.41) is 3.16. The molecular weight excluding hydrogens is 546 g/mol. The molecule has 1 aliphatic rings. The Morgan fingerprint density at radius 2 is 0.707 bits per heavy atom. The number of rotatable bonds is 8. The average molecular weight is 587 g/mol. The quantitative estimate of drug-likeness (QED) is 0.214. The SMILES string of the molecule is Cc1ccc(P(=O)(C[C@@H]2OC(C)(C)O[C@H]2CP(=O)(c2ccc(C)cc2)c2ccc(C)cc2)c2ccc(C)cc2)cc1. The Balaban J connectivity index is 1.57. The first kappa shape index (κ1) is 29.7. The third kappa shape index (κ3) is 6.37. The van der Waals surface area contributed by atoms with Gasteiger partial charge in [0.25, 0.3) is 0 Å². The predicted octanol–water partition coefficient (Wildman–Crippen LogP) is 6.77. The first-order valence-corrected chi connectivity index (χ1v) is 18.0. The van der Waals surface area contributed by atoms with E-state index >= 15 is 9.13 Å². The van der Waals surface area contributed by atoms with Crippen LogP contribution in [-0.2, 0) is 18.6 Å². The summed E-state index contributed by atoms with van der Waals surface area (Å²) in [7, 11) is -6.25. The van der Waals surface area contributed by atoms with Gasteiger partial charge in [-0.25, -0.2) is 0 Å². The standard InChI is InChI=1S/C35H40O4P2/c1-25-7-15-29(16-8-25)40(36,30-17-9-26(2)10-18-30)23-33-34(39-35(5,6)38-33)24-41(37,31-19-11-27(3)12-20-31)32-21-13-28(4)14-22-32/h7-22,33-34H,23-24H2,1-6H3/t33-,34-/m0/s1. The summed E-state index contributed by atoms with van der Waals surface area (Å²) in [6.07, 6.45) is -0.505. The van der Waals surface area contributed by atoms with Gasteiger partial charge in [-0.2, -0.15) is 0 Å². The fourth-order valence-electron chi connectivity index (χ4n) is 5.59. The van der Waals surface area contributed by atoms with E-state index in [1.807, 2.05) is 139 Å². The highest BCUT2D eigenvalue weighted by Gasteiger charge is 2.48. The monoisotopic (exact) mass is 586 g/mol. The highest BCUT2D eigenvalue weighted by molar-refractivity contribution is 7.79. The minimum absolute atomic E-state index is 0.259. The zero-order valence-corrected chi connectivity index (χ0v) is 26.6. The van der Waals surface area contributed by atoms with E-state index in [9.17, 15) is 0 Å². The smallest absolute Gasteiger partial charge is 0.163 e. The lowest BCUT2D eigenvalue weighted by Gasteiger charge is -2.28. The van der Waals surface area contributed by atoms with Crippen molar-refractivity contribution in [3.05, 3.63) is 119 Å². The Morgan fingerprint density at radius 3 is 0.927 bits per heavy atom. The molecular formula is C35H40O4P2. The van der Waals surface area contributed by atoms with Crippen LogP contribution in [0.5, 0.6) is 0 Å². The van der Waals surface area contributed by atoms with Crippen LogP contribution in [0, 0.1) is 27.7 Å². The lowest BCUT2D eigenvalue weighted by Crippen LogP contribution is -2.36. The summed E-state index contributed by atoms with van der Waals surface area (Å²) in [5.41, 5.74) is 4.45. The fourth-order valence-corrected chi connectivity index (χ4v) is 11.2. The summed E-state index contributed by atoms with van der Waals surface area (Å²) < 4.78 is 43.2. The van der Waals surface area contributed by atoms with Crippen LogP contribution >= 0.6 is 14.3 Å². The number of hydrogen-bond acceptors (Lipinski definition) is 4. The van der Waals surface area contributed by atoms with Crippen molar-refractivity contribution in [2.24, 2.45) is 0 Å². The van der Waals surface area contributed by atoms with Gasteiger partial charge in [0.05, 0.1) is 12.2 Å². The molecule has 1 aliphatic heterocycles. The van der Waals surface area contributed by atoms with Crippen LogP contribution in [0.4, 0.5) is 0 Å². The maximum absolute atomic E-state index is 15.1. The summed E-state index contributed by atoms with van der Waals surface area (Å²) in [4.78, 5) is 0. The van der Waals surface area contributed by atoms with Gasteiger partial charge < -0.3 is 18.6 Å². The Labute approximate surface area is 244 Å². The maximum Gasteiger partial charge on any atom is 0.163 e. The molecule has 1 saturated heterocycles. The predicted molar refractivity (Wildman–Crippen MR) is 172 cm³/mol. The molecule has 0 N–H and O–H groups in total. The number of ether oxygens (including phenoxy) is 2. The summed E-state index contributed by atoms with van der Waals surface area (Å²) in [6, 6.07) is 31.8. The molecule has 0 unspecified atom stereocenters. The van der Waals surface area contributed by atoms with Crippen molar-refractivity contribution in [3.63, 3.8) is 0 Å². The molecule has 2 atom stereocenters. The Kier molecular flexibility index (Phi) is 8.34. The van der Waals surface area contributed by atoms with E-state index in [-0.39, 0.29) is 12.3 Å². The van der Waals surface area contributed by atoms with E-state index in [0.29, 0.717) is 0 Å². The molecule has 0 saturated carbocycles. The van der Waals surface area contributed by atoms with Gasteiger partial charge in [-0.1, -0.05) is 119 Å². The van der Waals surface area contributed by atoms with E-state index in [1.165, 1.54) is 0 Å². The van der Waals surface area contributed by atoms with Crippen LogP contribution < -0.4 is 21.2 Å². The molecule has 0 amide bonds.